The molecule has 18 heavy (non-hydrogen) atoms. The third-order valence-corrected chi connectivity index (χ3v) is 3.36. The van der Waals surface area contributed by atoms with Gasteiger partial charge in [0.25, 0.3) is 11.5 Å². The normalized spacial score (nSPS) is 18.4. The molecule has 2 heterocycles. The monoisotopic (exact) mass is 242 g/mol. The lowest BCUT2D eigenvalue weighted by molar-refractivity contribution is 0.491. The molecule has 0 aromatic carbocycles. The third kappa shape index (κ3) is 1.81. The van der Waals surface area contributed by atoms with Crippen molar-refractivity contribution in [3.8, 4) is 5.95 Å². The summed E-state index contributed by atoms with van der Waals surface area (Å²) < 4.78 is 1.29. The predicted octanol–water partition coefficient (Wildman–Crippen LogP) is 1.15. The van der Waals surface area contributed by atoms with Gasteiger partial charge in [-0.05, 0) is 36.8 Å². The SMILES string of the molecule is CC1CCc2c(cnn(-c3ncccn3)c2=O)C1. The molecule has 1 aliphatic carbocycles. The molecule has 0 aliphatic heterocycles. The number of hydrogen-bond acceptors (Lipinski definition) is 4. The van der Waals surface area contributed by atoms with Crippen LogP contribution in [0.2, 0.25) is 0 Å². The van der Waals surface area contributed by atoms with Crippen molar-refractivity contribution in [1.82, 2.24) is 19.7 Å². The third-order valence-electron chi connectivity index (χ3n) is 3.36. The Morgan fingerprint density at radius 3 is 2.89 bits per heavy atom. The Morgan fingerprint density at radius 1 is 1.33 bits per heavy atom. The van der Waals surface area contributed by atoms with Gasteiger partial charge in [0.1, 0.15) is 0 Å². The van der Waals surface area contributed by atoms with E-state index in [1.54, 1.807) is 24.7 Å². The maximum absolute atomic E-state index is 12.3. The molecule has 0 N–H and O–H groups in total. The highest BCUT2D eigenvalue weighted by Gasteiger charge is 2.20. The number of aromatic nitrogens is 4. The highest BCUT2D eigenvalue weighted by Crippen LogP contribution is 2.21. The fourth-order valence-electron chi connectivity index (χ4n) is 2.38. The van der Waals surface area contributed by atoms with Crippen LogP contribution < -0.4 is 5.56 Å². The van der Waals surface area contributed by atoms with Crippen molar-refractivity contribution in [2.75, 3.05) is 0 Å². The maximum atomic E-state index is 12.3. The van der Waals surface area contributed by atoms with Crippen molar-refractivity contribution in [3.05, 3.63) is 46.1 Å². The second-order valence-corrected chi connectivity index (χ2v) is 4.76. The van der Waals surface area contributed by atoms with Gasteiger partial charge in [-0.1, -0.05) is 6.92 Å². The van der Waals surface area contributed by atoms with Crippen LogP contribution in [0.25, 0.3) is 5.95 Å². The quantitative estimate of drug-likeness (QED) is 0.752. The van der Waals surface area contributed by atoms with Gasteiger partial charge >= 0.3 is 0 Å². The Hall–Kier alpha value is -2.04. The fraction of sp³-hybridized carbons (Fsp3) is 0.385. The van der Waals surface area contributed by atoms with Crippen molar-refractivity contribution in [3.63, 3.8) is 0 Å². The van der Waals surface area contributed by atoms with Crippen LogP contribution in [-0.4, -0.2) is 19.7 Å². The zero-order chi connectivity index (χ0) is 12.5. The van der Waals surface area contributed by atoms with Gasteiger partial charge in [0.05, 0.1) is 6.20 Å². The lowest BCUT2D eigenvalue weighted by Gasteiger charge is -2.20. The molecule has 0 fully saturated rings. The molecule has 0 radical (unpaired) electrons. The lowest BCUT2D eigenvalue weighted by Crippen LogP contribution is -2.30. The first-order valence-electron chi connectivity index (χ1n) is 6.13. The fourth-order valence-corrected chi connectivity index (χ4v) is 2.38. The number of nitrogens with zero attached hydrogens (tertiary/aromatic N) is 4. The minimum absolute atomic E-state index is 0.0781. The van der Waals surface area contributed by atoms with E-state index < -0.39 is 0 Å². The second kappa shape index (κ2) is 4.33. The molecule has 1 unspecified atom stereocenters. The van der Waals surface area contributed by atoms with Gasteiger partial charge in [0, 0.05) is 18.0 Å². The first-order valence-corrected chi connectivity index (χ1v) is 6.13. The van der Waals surface area contributed by atoms with Crippen LogP contribution in [0.15, 0.2) is 29.5 Å². The minimum Gasteiger partial charge on any atom is -0.267 e. The van der Waals surface area contributed by atoms with Gasteiger partial charge in [-0.25, -0.2) is 9.97 Å². The van der Waals surface area contributed by atoms with Crippen molar-refractivity contribution in [1.29, 1.82) is 0 Å². The Labute approximate surface area is 105 Å². The van der Waals surface area contributed by atoms with Crippen LogP contribution in [0.5, 0.6) is 0 Å². The van der Waals surface area contributed by atoms with E-state index in [0.717, 1.165) is 30.4 Å². The van der Waals surface area contributed by atoms with Gasteiger partial charge in [0.2, 0.25) is 0 Å². The van der Waals surface area contributed by atoms with Crippen LogP contribution in [-0.2, 0) is 12.8 Å². The van der Waals surface area contributed by atoms with Crippen molar-refractivity contribution >= 4 is 0 Å². The number of hydrogen-bond donors (Lipinski definition) is 0. The standard InChI is InChI=1S/C13H14N4O/c1-9-3-4-11-10(7-9)8-16-17(12(11)18)13-14-5-2-6-15-13/h2,5-6,8-9H,3-4,7H2,1H3. The van der Waals surface area contributed by atoms with Gasteiger partial charge < -0.3 is 0 Å². The highest BCUT2D eigenvalue weighted by molar-refractivity contribution is 5.26. The Kier molecular flexibility index (Phi) is 2.66. The van der Waals surface area contributed by atoms with Crippen LogP contribution in [0.4, 0.5) is 0 Å². The zero-order valence-electron chi connectivity index (χ0n) is 10.2. The molecule has 2 aromatic heterocycles. The summed E-state index contributed by atoms with van der Waals surface area (Å²) in [7, 11) is 0. The minimum atomic E-state index is -0.0781. The molecule has 0 saturated heterocycles. The van der Waals surface area contributed by atoms with E-state index in [4.69, 9.17) is 0 Å². The van der Waals surface area contributed by atoms with Crippen molar-refractivity contribution in [2.24, 2.45) is 5.92 Å². The molecule has 0 amide bonds. The lowest BCUT2D eigenvalue weighted by atomic mass is 9.87. The smallest absolute Gasteiger partial charge is 0.267 e. The molecule has 1 aliphatic rings. The van der Waals surface area contributed by atoms with E-state index >= 15 is 0 Å². The molecule has 0 spiro atoms. The van der Waals surface area contributed by atoms with E-state index in [2.05, 4.69) is 22.0 Å². The number of fused-ring (bicyclic) bond motifs is 1. The summed E-state index contributed by atoms with van der Waals surface area (Å²) in [5.74, 6) is 0.964. The predicted molar refractivity (Wildman–Crippen MR) is 66.6 cm³/mol. The van der Waals surface area contributed by atoms with E-state index in [9.17, 15) is 4.79 Å². The summed E-state index contributed by atoms with van der Waals surface area (Å²) in [6, 6.07) is 1.72. The van der Waals surface area contributed by atoms with E-state index in [0.29, 0.717) is 11.9 Å². The molecule has 92 valence electrons. The van der Waals surface area contributed by atoms with Gasteiger partial charge in [-0.3, -0.25) is 4.79 Å². The van der Waals surface area contributed by atoms with E-state index in [1.165, 1.54) is 4.68 Å². The largest absolute Gasteiger partial charge is 0.277 e. The average molecular weight is 242 g/mol. The van der Waals surface area contributed by atoms with Gasteiger partial charge in [-0.2, -0.15) is 9.78 Å². The molecule has 5 heteroatoms. The first kappa shape index (κ1) is 11.1. The molecular formula is C13H14N4O. The molecule has 0 bridgehead atoms. The van der Waals surface area contributed by atoms with Gasteiger partial charge in [-0.15, -0.1) is 0 Å². The van der Waals surface area contributed by atoms with E-state index in [1.807, 2.05) is 0 Å². The summed E-state index contributed by atoms with van der Waals surface area (Å²) in [5.41, 5.74) is 1.87. The zero-order valence-corrected chi connectivity index (χ0v) is 10.2. The Balaban J connectivity index is 2.12. The van der Waals surface area contributed by atoms with Crippen molar-refractivity contribution < 1.29 is 0 Å². The van der Waals surface area contributed by atoms with Crippen LogP contribution >= 0.6 is 0 Å². The van der Waals surface area contributed by atoms with Crippen LogP contribution in [0.1, 0.15) is 24.5 Å². The molecule has 1 atom stereocenters. The second-order valence-electron chi connectivity index (χ2n) is 4.76. The molecule has 3 rings (SSSR count). The Morgan fingerprint density at radius 2 is 2.11 bits per heavy atom. The number of rotatable bonds is 1. The first-order chi connectivity index (χ1) is 8.75. The van der Waals surface area contributed by atoms with Crippen molar-refractivity contribution in [2.45, 2.75) is 26.2 Å². The highest BCUT2D eigenvalue weighted by atomic mass is 16.1. The van der Waals surface area contributed by atoms with Crippen LogP contribution in [0.3, 0.4) is 0 Å². The summed E-state index contributed by atoms with van der Waals surface area (Å²) in [6.07, 6.45) is 7.82. The molecular weight excluding hydrogens is 228 g/mol. The Bertz CT molecular complexity index is 621. The summed E-state index contributed by atoms with van der Waals surface area (Å²) in [5, 5.41) is 4.18. The average Bonchev–Trinajstić information content (AvgIpc) is 2.40. The summed E-state index contributed by atoms with van der Waals surface area (Å²) in [4.78, 5) is 20.5. The van der Waals surface area contributed by atoms with E-state index in [-0.39, 0.29) is 5.56 Å². The molecule has 2 aromatic rings. The maximum Gasteiger partial charge on any atom is 0.277 e. The molecule has 0 saturated carbocycles. The van der Waals surface area contributed by atoms with Gasteiger partial charge in [0.15, 0.2) is 0 Å². The van der Waals surface area contributed by atoms with Crippen LogP contribution in [0, 0.1) is 5.92 Å². The molecule has 5 nitrogen and oxygen atoms in total. The topological polar surface area (TPSA) is 60.7 Å². The summed E-state index contributed by atoms with van der Waals surface area (Å²) >= 11 is 0. The summed E-state index contributed by atoms with van der Waals surface area (Å²) in [6.45, 7) is 2.20.